The molecule has 1 aromatic heterocycles. The zero-order valence-electron chi connectivity index (χ0n) is 12.6. The maximum Gasteiger partial charge on any atom is 0.254 e. The van der Waals surface area contributed by atoms with E-state index in [1.807, 2.05) is 32.8 Å². The molecular formula is C12H22ClN3O2S2. The van der Waals surface area contributed by atoms with Crippen LogP contribution < -0.4 is 0 Å². The SMILES string of the molecule is Cc1nc(Cl)sc1S(=O)(=O)N(CCN(C)C)CC(C)C. The smallest absolute Gasteiger partial charge is 0.254 e. The maximum absolute atomic E-state index is 12.7. The van der Waals surface area contributed by atoms with Crippen LogP contribution in [0.25, 0.3) is 0 Å². The largest absolute Gasteiger partial charge is 0.308 e. The molecule has 0 N–H and O–H groups in total. The molecule has 0 saturated carbocycles. The minimum Gasteiger partial charge on any atom is -0.308 e. The second-order valence-corrected chi connectivity index (χ2v) is 9.11. The van der Waals surface area contributed by atoms with Crippen LogP contribution in [0.15, 0.2) is 4.21 Å². The van der Waals surface area contributed by atoms with Crippen molar-refractivity contribution >= 4 is 33.0 Å². The molecule has 0 amide bonds. The highest BCUT2D eigenvalue weighted by Gasteiger charge is 2.29. The molecule has 0 atom stereocenters. The van der Waals surface area contributed by atoms with E-state index in [0.29, 0.717) is 25.3 Å². The molecule has 0 fully saturated rings. The normalized spacial score (nSPS) is 12.8. The summed E-state index contributed by atoms with van der Waals surface area (Å²) in [5, 5.41) is 0. The number of nitrogens with zero attached hydrogens (tertiary/aromatic N) is 3. The molecule has 0 aliphatic rings. The lowest BCUT2D eigenvalue weighted by Crippen LogP contribution is -2.38. The van der Waals surface area contributed by atoms with Gasteiger partial charge in [-0.25, -0.2) is 13.4 Å². The average molecular weight is 340 g/mol. The molecule has 1 heterocycles. The van der Waals surface area contributed by atoms with E-state index in [-0.39, 0.29) is 14.6 Å². The van der Waals surface area contributed by atoms with Crippen molar-refractivity contribution in [2.75, 3.05) is 33.7 Å². The van der Waals surface area contributed by atoms with E-state index >= 15 is 0 Å². The second kappa shape index (κ2) is 7.17. The molecule has 0 aromatic carbocycles. The highest BCUT2D eigenvalue weighted by Crippen LogP contribution is 2.29. The van der Waals surface area contributed by atoms with Gasteiger partial charge >= 0.3 is 0 Å². The van der Waals surface area contributed by atoms with Gasteiger partial charge in [0.05, 0.1) is 5.69 Å². The van der Waals surface area contributed by atoms with Gasteiger partial charge in [0.15, 0.2) is 8.68 Å². The Kier molecular flexibility index (Phi) is 6.40. The van der Waals surface area contributed by atoms with Crippen molar-refractivity contribution < 1.29 is 8.42 Å². The monoisotopic (exact) mass is 339 g/mol. The lowest BCUT2D eigenvalue weighted by atomic mass is 10.2. The third kappa shape index (κ3) is 4.66. The van der Waals surface area contributed by atoms with Crippen LogP contribution >= 0.6 is 22.9 Å². The molecule has 0 aliphatic carbocycles. The van der Waals surface area contributed by atoms with Crippen LogP contribution in [-0.2, 0) is 10.0 Å². The van der Waals surface area contributed by atoms with E-state index in [4.69, 9.17) is 11.6 Å². The van der Waals surface area contributed by atoms with Crippen molar-refractivity contribution in [3.8, 4) is 0 Å². The van der Waals surface area contributed by atoms with E-state index in [1.54, 1.807) is 6.92 Å². The Balaban J connectivity index is 3.07. The molecule has 0 radical (unpaired) electrons. The van der Waals surface area contributed by atoms with Gasteiger partial charge in [0.25, 0.3) is 10.0 Å². The molecular weight excluding hydrogens is 318 g/mol. The number of hydrogen-bond acceptors (Lipinski definition) is 5. The van der Waals surface area contributed by atoms with E-state index < -0.39 is 10.0 Å². The van der Waals surface area contributed by atoms with Gasteiger partial charge < -0.3 is 4.90 Å². The summed E-state index contributed by atoms with van der Waals surface area (Å²) in [6, 6.07) is 0. The molecule has 0 aliphatic heterocycles. The minimum atomic E-state index is -3.52. The molecule has 1 aromatic rings. The fraction of sp³-hybridized carbons (Fsp3) is 0.750. The van der Waals surface area contributed by atoms with Crippen LogP contribution in [0.5, 0.6) is 0 Å². The van der Waals surface area contributed by atoms with Gasteiger partial charge in [-0.1, -0.05) is 36.8 Å². The predicted octanol–water partition coefficient (Wildman–Crippen LogP) is 2.31. The van der Waals surface area contributed by atoms with Crippen LogP contribution in [0.1, 0.15) is 19.5 Å². The third-order valence-electron chi connectivity index (χ3n) is 2.67. The van der Waals surface area contributed by atoms with Crippen molar-refractivity contribution in [1.82, 2.24) is 14.2 Å². The number of likely N-dealkylation sites (N-methyl/N-ethyl adjacent to an activating group) is 1. The van der Waals surface area contributed by atoms with Crippen LogP contribution in [-0.4, -0.2) is 56.3 Å². The molecule has 0 bridgehead atoms. The molecule has 0 spiro atoms. The van der Waals surface area contributed by atoms with Crippen molar-refractivity contribution in [2.24, 2.45) is 5.92 Å². The lowest BCUT2D eigenvalue weighted by Gasteiger charge is -2.24. The van der Waals surface area contributed by atoms with Crippen LogP contribution in [0.3, 0.4) is 0 Å². The highest BCUT2D eigenvalue weighted by molar-refractivity contribution is 7.91. The summed E-state index contributed by atoms with van der Waals surface area (Å²) in [5.74, 6) is 0.260. The first kappa shape index (κ1) is 17.8. The van der Waals surface area contributed by atoms with E-state index in [1.165, 1.54) is 4.31 Å². The molecule has 116 valence electrons. The highest BCUT2D eigenvalue weighted by atomic mass is 35.5. The summed E-state index contributed by atoms with van der Waals surface area (Å²) in [5.41, 5.74) is 0.471. The lowest BCUT2D eigenvalue weighted by molar-refractivity contribution is 0.313. The van der Waals surface area contributed by atoms with E-state index in [9.17, 15) is 8.42 Å². The molecule has 20 heavy (non-hydrogen) atoms. The Bertz CT molecular complexity index is 541. The Morgan fingerprint density at radius 3 is 2.30 bits per heavy atom. The fourth-order valence-electron chi connectivity index (χ4n) is 1.74. The Morgan fingerprint density at radius 2 is 1.90 bits per heavy atom. The van der Waals surface area contributed by atoms with Crippen molar-refractivity contribution in [1.29, 1.82) is 0 Å². The number of hydrogen-bond donors (Lipinski definition) is 0. The van der Waals surface area contributed by atoms with Gasteiger partial charge in [-0.2, -0.15) is 4.31 Å². The summed E-state index contributed by atoms with van der Waals surface area (Å²) < 4.78 is 27.5. The number of aromatic nitrogens is 1. The van der Waals surface area contributed by atoms with Gasteiger partial charge in [-0.3, -0.25) is 0 Å². The summed E-state index contributed by atoms with van der Waals surface area (Å²) in [6.07, 6.45) is 0. The first-order valence-electron chi connectivity index (χ1n) is 6.42. The molecule has 0 saturated heterocycles. The van der Waals surface area contributed by atoms with Gasteiger partial charge in [-0.15, -0.1) is 0 Å². The molecule has 0 unspecified atom stereocenters. The number of sulfonamides is 1. The van der Waals surface area contributed by atoms with Crippen LogP contribution in [0.2, 0.25) is 4.47 Å². The molecule has 5 nitrogen and oxygen atoms in total. The van der Waals surface area contributed by atoms with Gasteiger partial charge in [0.1, 0.15) is 0 Å². The molecule has 8 heteroatoms. The zero-order chi connectivity index (χ0) is 15.5. The standard InChI is InChI=1S/C12H22ClN3O2S2/c1-9(2)8-16(7-6-15(4)5)20(17,18)11-10(3)14-12(13)19-11/h9H,6-8H2,1-5H3. The second-order valence-electron chi connectivity index (χ2n) is 5.40. The third-order valence-corrected chi connectivity index (χ3v) is 6.38. The van der Waals surface area contributed by atoms with Crippen LogP contribution in [0, 0.1) is 12.8 Å². The Labute approximate surface area is 130 Å². The average Bonchev–Trinajstić information content (AvgIpc) is 2.63. The van der Waals surface area contributed by atoms with E-state index in [0.717, 1.165) is 11.3 Å². The summed E-state index contributed by atoms with van der Waals surface area (Å²) in [7, 11) is 0.328. The summed E-state index contributed by atoms with van der Waals surface area (Å²) in [6.45, 7) is 7.31. The first-order valence-corrected chi connectivity index (χ1v) is 9.06. The Morgan fingerprint density at radius 1 is 1.30 bits per heavy atom. The Hall–Kier alpha value is -0.210. The van der Waals surface area contributed by atoms with Crippen molar-refractivity contribution in [3.05, 3.63) is 10.2 Å². The quantitative estimate of drug-likeness (QED) is 0.765. The van der Waals surface area contributed by atoms with Gasteiger partial charge in [0.2, 0.25) is 0 Å². The number of aryl methyl sites for hydroxylation is 1. The first-order chi connectivity index (χ1) is 9.14. The van der Waals surface area contributed by atoms with Gasteiger partial charge in [0, 0.05) is 19.6 Å². The zero-order valence-corrected chi connectivity index (χ0v) is 14.9. The number of thiazole rings is 1. The predicted molar refractivity (Wildman–Crippen MR) is 84.0 cm³/mol. The van der Waals surface area contributed by atoms with Crippen molar-refractivity contribution in [2.45, 2.75) is 25.0 Å². The summed E-state index contributed by atoms with van der Waals surface area (Å²) >= 11 is 6.85. The van der Waals surface area contributed by atoms with E-state index in [2.05, 4.69) is 4.98 Å². The number of halogens is 1. The molecule has 1 rings (SSSR count). The maximum atomic E-state index is 12.7. The summed E-state index contributed by atoms with van der Waals surface area (Å²) in [4.78, 5) is 5.97. The fourth-order valence-corrected chi connectivity index (χ4v) is 5.20. The van der Waals surface area contributed by atoms with Crippen LogP contribution in [0.4, 0.5) is 0 Å². The minimum absolute atomic E-state index is 0.252. The van der Waals surface area contributed by atoms with Gasteiger partial charge in [-0.05, 0) is 26.9 Å². The number of rotatable bonds is 7. The topological polar surface area (TPSA) is 53.5 Å². The van der Waals surface area contributed by atoms with Crippen molar-refractivity contribution in [3.63, 3.8) is 0 Å².